The van der Waals surface area contributed by atoms with Crippen molar-refractivity contribution in [2.24, 2.45) is 18.0 Å². The van der Waals surface area contributed by atoms with Crippen molar-refractivity contribution in [1.82, 2.24) is 4.57 Å². The smallest absolute Gasteiger partial charge is 0.253 e. The van der Waals surface area contributed by atoms with Gasteiger partial charge in [-0.3, -0.25) is 9.59 Å². The van der Waals surface area contributed by atoms with Crippen LogP contribution in [0.15, 0.2) is 53.5 Å². The van der Waals surface area contributed by atoms with Crippen molar-refractivity contribution < 1.29 is 9.59 Å². The minimum Gasteiger partial charge on any atom is -0.319 e. The first-order valence-electron chi connectivity index (χ1n) is 8.22. The van der Waals surface area contributed by atoms with Gasteiger partial charge in [-0.15, -0.1) is 0 Å². The number of carbonyl (C=O) groups excluding carboxylic acids is 2. The molecule has 0 aliphatic carbocycles. The Hall–Kier alpha value is -2.44. The molecule has 1 fully saturated rings. The molecule has 0 N–H and O–H groups in total. The molecular formula is C19H16ClN3O2S. The van der Waals surface area contributed by atoms with E-state index in [4.69, 9.17) is 11.6 Å². The molecule has 1 aromatic heterocycles. The van der Waals surface area contributed by atoms with Gasteiger partial charge in [-0.25, -0.2) is 0 Å². The molecule has 4 rings (SSSR count). The summed E-state index contributed by atoms with van der Waals surface area (Å²) in [5.74, 6) is -0.827. The van der Waals surface area contributed by atoms with E-state index in [1.54, 1.807) is 17.0 Å². The van der Waals surface area contributed by atoms with Gasteiger partial charge < -0.3 is 9.47 Å². The van der Waals surface area contributed by atoms with Crippen molar-refractivity contribution in [1.29, 1.82) is 0 Å². The van der Waals surface area contributed by atoms with Gasteiger partial charge in [0.2, 0.25) is 5.91 Å². The zero-order valence-corrected chi connectivity index (χ0v) is 15.6. The Morgan fingerprint density at radius 2 is 1.92 bits per heavy atom. The standard InChI is InChI=1S/C19H16ClN3O2S/c1-22-15-8-4-5-9-16(15)26-19(22)21-18(25)12-10-17(24)23(11-12)14-7-3-2-6-13(14)20/h2-9,12H,10-11H2,1H3. The number of aryl methyl sites for hydroxylation is 1. The van der Waals surface area contributed by atoms with Crippen molar-refractivity contribution in [2.45, 2.75) is 6.42 Å². The van der Waals surface area contributed by atoms with Crippen molar-refractivity contribution in [3.63, 3.8) is 0 Å². The van der Waals surface area contributed by atoms with E-state index in [2.05, 4.69) is 4.99 Å². The second kappa shape index (κ2) is 6.70. The first kappa shape index (κ1) is 17.0. The number of thiazole rings is 1. The van der Waals surface area contributed by atoms with Crippen LogP contribution in [0, 0.1) is 5.92 Å². The van der Waals surface area contributed by atoms with E-state index in [1.807, 2.05) is 48.0 Å². The van der Waals surface area contributed by atoms with Gasteiger partial charge in [-0.2, -0.15) is 4.99 Å². The lowest BCUT2D eigenvalue weighted by molar-refractivity contribution is -0.123. The maximum absolute atomic E-state index is 12.7. The summed E-state index contributed by atoms with van der Waals surface area (Å²) in [6.45, 7) is 0.305. The molecule has 7 heteroatoms. The Bertz CT molecular complexity index is 1090. The third kappa shape index (κ3) is 2.95. The van der Waals surface area contributed by atoms with Gasteiger partial charge in [0, 0.05) is 20.0 Å². The van der Waals surface area contributed by atoms with Gasteiger partial charge in [0.1, 0.15) is 0 Å². The number of amides is 2. The van der Waals surface area contributed by atoms with Gasteiger partial charge in [0.25, 0.3) is 5.91 Å². The number of halogens is 1. The fourth-order valence-corrected chi connectivity index (χ4v) is 4.41. The third-order valence-corrected chi connectivity index (χ3v) is 5.97. The number of nitrogens with zero attached hydrogens (tertiary/aromatic N) is 3. The quantitative estimate of drug-likeness (QED) is 0.679. The number of hydrogen-bond donors (Lipinski definition) is 0. The topological polar surface area (TPSA) is 54.7 Å². The van der Waals surface area contributed by atoms with Crippen molar-refractivity contribution in [3.05, 3.63) is 58.4 Å². The molecule has 1 aliphatic rings. The van der Waals surface area contributed by atoms with E-state index in [0.717, 1.165) is 10.2 Å². The minimum atomic E-state index is -0.455. The summed E-state index contributed by atoms with van der Waals surface area (Å²) in [5.41, 5.74) is 1.67. The molecule has 132 valence electrons. The van der Waals surface area contributed by atoms with Crippen LogP contribution >= 0.6 is 22.9 Å². The fraction of sp³-hybridized carbons (Fsp3) is 0.211. The van der Waals surface area contributed by atoms with E-state index in [9.17, 15) is 9.59 Å². The Labute approximate surface area is 159 Å². The van der Waals surface area contributed by atoms with Gasteiger partial charge >= 0.3 is 0 Å². The van der Waals surface area contributed by atoms with Crippen LogP contribution < -0.4 is 9.70 Å². The first-order chi connectivity index (χ1) is 12.5. The molecule has 5 nitrogen and oxygen atoms in total. The second-order valence-corrected chi connectivity index (χ2v) is 7.63. The highest BCUT2D eigenvalue weighted by atomic mass is 35.5. The number of para-hydroxylation sites is 2. The predicted octanol–water partition coefficient (Wildman–Crippen LogP) is 3.37. The van der Waals surface area contributed by atoms with Crippen molar-refractivity contribution >= 4 is 50.7 Å². The molecule has 1 aliphatic heterocycles. The number of anilines is 1. The van der Waals surface area contributed by atoms with Crippen LogP contribution in [0.1, 0.15) is 6.42 Å². The van der Waals surface area contributed by atoms with E-state index < -0.39 is 5.92 Å². The van der Waals surface area contributed by atoms with E-state index >= 15 is 0 Å². The second-order valence-electron chi connectivity index (χ2n) is 6.22. The summed E-state index contributed by atoms with van der Waals surface area (Å²) in [6, 6.07) is 15.1. The summed E-state index contributed by atoms with van der Waals surface area (Å²) < 4.78 is 2.97. The predicted molar refractivity (Wildman–Crippen MR) is 103 cm³/mol. The summed E-state index contributed by atoms with van der Waals surface area (Å²) in [6.07, 6.45) is 0.155. The van der Waals surface area contributed by atoms with Crippen LogP contribution in [0.2, 0.25) is 5.02 Å². The fourth-order valence-electron chi connectivity index (χ4n) is 3.15. The molecule has 0 bridgehead atoms. The number of rotatable bonds is 2. The van der Waals surface area contributed by atoms with Gasteiger partial charge in [-0.05, 0) is 24.3 Å². The lowest BCUT2D eigenvalue weighted by Crippen LogP contribution is -2.26. The normalized spacial score (nSPS) is 18.1. The van der Waals surface area contributed by atoms with Gasteiger partial charge in [0.05, 0.1) is 26.8 Å². The lowest BCUT2D eigenvalue weighted by Gasteiger charge is -2.17. The highest BCUT2D eigenvalue weighted by Crippen LogP contribution is 2.31. The largest absolute Gasteiger partial charge is 0.319 e. The SMILES string of the molecule is Cn1c(=NC(=O)C2CC(=O)N(c3ccccc3Cl)C2)sc2ccccc21. The number of carbonyl (C=O) groups is 2. The van der Waals surface area contributed by atoms with E-state index in [0.29, 0.717) is 22.1 Å². The lowest BCUT2D eigenvalue weighted by atomic mass is 10.1. The molecule has 1 unspecified atom stereocenters. The number of fused-ring (bicyclic) bond motifs is 1. The molecule has 0 radical (unpaired) electrons. The van der Waals surface area contributed by atoms with Gasteiger partial charge in [-0.1, -0.05) is 47.2 Å². The Morgan fingerprint density at radius 3 is 2.69 bits per heavy atom. The number of hydrogen-bond acceptors (Lipinski definition) is 3. The minimum absolute atomic E-state index is 0.104. The molecule has 2 aromatic carbocycles. The zero-order chi connectivity index (χ0) is 18.3. The van der Waals surface area contributed by atoms with Crippen LogP contribution in [0.3, 0.4) is 0 Å². The monoisotopic (exact) mass is 385 g/mol. The average molecular weight is 386 g/mol. The summed E-state index contributed by atoms with van der Waals surface area (Å²) >= 11 is 7.66. The molecule has 0 saturated carbocycles. The van der Waals surface area contributed by atoms with Crippen LogP contribution in [-0.2, 0) is 16.6 Å². The summed E-state index contributed by atoms with van der Waals surface area (Å²) in [4.78, 5) is 31.5. The molecule has 2 heterocycles. The Kier molecular flexibility index (Phi) is 4.38. The first-order valence-corrected chi connectivity index (χ1v) is 9.42. The molecule has 1 atom stereocenters. The van der Waals surface area contributed by atoms with Crippen LogP contribution in [-0.4, -0.2) is 22.9 Å². The molecule has 2 amide bonds. The summed E-state index contributed by atoms with van der Waals surface area (Å²) in [7, 11) is 1.89. The number of aromatic nitrogens is 1. The average Bonchev–Trinajstić information content (AvgIpc) is 3.17. The van der Waals surface area contributed by atoms with Crippen molar-refractivity contribution in [2.75, 3.05) is 11.4 Å². The Morgan fingerprint density at radius 1 is 1.19 bits per heavy atom. The zero-order valence-electron chi connectivity index (χ0n) is 14.1. The number of benzene rings is 2. The van der Waals surface area contributed by atoms with Crippen LogP contribution in [0.25, 0.3) is 10.2 Å². The maximum atomic E-state index is 12.7. The highest BCUT2D eigenvalue weighted by molar-refractivity contribution is 7.16. The molecule has 0 spiro atoms. The van der Waals surface area contributed by atoms with E-state index in [1.165, 1.54) is 11.3 Å². The Balaban J connectivity index is 1.62. The maximum Gasteiger partial charge on any atom is 0.253 e. The summed E-state index contributed by atoms with van der Waals surface area (Å²) in [5, 5.41) is 0.502. The van der Waals surface area contributed by atoms with Gasteiger partial charge in [0.15, 0.2) is 4.80 Å². The molecular weight excluding hydrogens is 370 g/mol. The van der Waals surface area contributed by atoms with Crippen LogP contribution in [0.4, 0.5) is 5.69 Å². The van der Waals surface area contributed by atoms with E-state index in [-0.39, 0.29) is 18.2 Å². The third-order valence-electron chi connectivity index (χ3n) is 4.54. The molecule has 1 saturated heterocycles. The molecule has 26 heavy (non-hydrogen) atoms. The highest BCUT2D eigenvalue weighted by Gasteiger charge is 2.35. The van der Waals surface area contributed by atoms with Crippen LogP contribution in [0.5, 0.6) is 0 Å². The van der Waals surface area contributed by atoms with Crippen molar-refractivity contribution in [3.8, 4) is 0 Å². The molecule has 3 aromatic rings.